The molecular formula is C20H26ClN5O2. The Labute approximate surface area is 170 Å². The number of anilines is 1. The molecule has 3 fully saturated rings. The molecule has 3 saturated heterocycles. The highest BCUT2D eigenvalue weighted by Crippen LogP contribution is 2.34. The van der Waals surface area contributed by atoms with Crippen molar-refractivity contribution in [1.29, 1.82) is 0 Å². The van der Waals surface area contributed by atoms with E-state index in [0.717, 1.165) is 35.8 Å². The van der Waals surface area contributed by atoms with Crippen LogP contribution in [-0.4, -0.2) is 71.8 Å². The molecule has 3 aliphatic heterocycles. The molecule has 3 atom stereocenters. The van der Waals surface area contributed by atoms with Crippen LogP contribution in [0.5, 0.6) is 0 Å². The highest BCUT2D eigenvalue weighted by atomic mass is 35.5. The maximum Gasteiger partial charge on any atom is 0.328 e. The highest BCUT2D eigenvalue weighted by molar-refractivity contribution is 6.31. The van der Waals surface area contributed by atoms with Crippen molar-refractivity contribution in [3.63, 3.8) is 0 Å². The lowest BCUT2D eigenvalue weighted by Crippen LogP contribution is -2.66. The molecule has 1 N–H and O–H groups in total. The number of fused-ring (bicyclic) bond motifs is 3. The van der Waals surface area contributed by atoms with Gasteiger partial charge in [-0.3, -0.25) is 19.9 Å². The van der Waals surface area contributed by atoms with Crippen molar-refractivity contribution in [3.8, 4) is 0 Å². The van der Waals surface area contributed by atoms with Crippen LogP contribution in [0.15, 0.2) is 30.4 Å². The number of urea groups is 1. The van der Waals surface area contributed by atoms with Gasteiger partial charge in [-0.2, -0.15) is 0 Å². The zero-order valence-corrected chi connectivity index (χ0v) is 17.2. The van der Waals surface area contributed by atoms with E-state index in [1.54, 1.807) is 11.9 Å². The molecule has 0 radical (unpaired) electrons. The summed E-state index contributed by atoms with van der Waals surface area (Å²) >= 11 is 6.35. The van der Waals surface area contributed by atoms with Crippen molar-refractivity contribution in [3.05, 3.63) is 40.9 Å². The number of nitrogens with zero attached hydrogens (tertiary/aromatic N) is 4. The average molecular weight is 404 g/mol. The Morgan fingerprint density at radius 1 is 1.29 bits per heavy atom. The number of carbonyl (C=O) groups is 2. The first-order valence-corrected chi connectivity index (χ1v) is 10.1. The molecule has 0 saturated carbocycles. The van der Waals surface area contributed by atoms with Crippen LogP contribution in [0, 0.1) is 6.92 Å². The summed E-state index contributed by atoms with van der Waals surface area (Å²) in [5, 5.41) is 4.24. The maximum absolute atomic E-state index is 13.2. The molecule has 0 spiro atoms. The predicted octanol–water partition coefficient (Wildman–Crippen LogP) is 2.21. The van der Waals surface area contributed by atoms with Crippen LogP contribution < -0.4 is 10.2 Å². The number of hydrogen-bond donors (Lipinski definition) is 1. The lowest BCUT2D eigenvalue weighted by Gasteiger charge is -2.43. The van der Waals surface area contributed by atoms with Crippen molar-refractivity contribution < 1.29 is 9.59 Å². The van der Waals surface area contributed by atoms with E-state index in [-0.39, 0.29) is 30.4 Å². The summed E-state index contributed by atoms with van der Waals surface area (Å²) in [6.07, 6.45) is 4.14. The van der Waals surface area contributed by atoms with Gasteiger partial charge in [0.25, 0.3) is 5.91 Å². The summed E-state index contributed by atoms with van der Waals surface area (Å²) in [6, 6.07) is 5.39. The Kier molecular flexibility index (Phi) is 5.07. The van der Waals surface area contributed by atoms with Gasteiger partial charge in [-0.25, -0.2) is 4.79 Å². The first-order chi connectivity index (χ1) is 13.4. The first-order valence-electron chi connectivity index (χ1n) is 9.68. The van der Waals surface area contributed by atoms with Gasteiger partial charge in [0.1, 0.15) is 18.5 Å². The molecule has 4 rings (SSSR count). The number of carbonyl (C=O) groups excluding carboxylic acids is 2. The summed E-state index contributed by atoms with van der Waals surface area (Å²) in [5.41, 5.74) is 2.05. The van der Waals surface area contributed by atoms with Gasteiger partial charge in [0.15, 0.2) is 0 Å². The zero-order chi connectivity index (χ0) is 20.0. The SMILES string of the molecule is C/C=C/CN1C(=O)C2C(NC3N(c4ccc(C)c(Cl)c4)CCCN23)N(C)C1=O. The molecule has 0 aliphatic carbocycles. The van der Waals surface area contributed by atoms with Crippen molar-refractivity contribution in [2.24, 2.45) is 0 Å². The first kappa shape index (κ1) is 19.2. The third-order valence-electron chi connectivity index (χ3n) is 5.88. The van der Waals surface area contributed by atoms with Crippen molar-refractivity contribution in [2.45, 2.75) is 38.8 Å². The number of aryl methyl sites for hydroxylation is 1. The summed E-state index contributed by atoms with van der Waals surface area (Å²) in [5.74, 6) is -0.134. The molecule has 0 bridgehead atoms. The molecule has 3 aliphatic rings. The number of rotatable bonds is 3. The minimum absolute atomic E-state index is 0.134. The second kappa shape index (κ2) is 7.39. The molecule has 3 amide bonds. The maximum atomic E-state index is 13.2. The molecule has 8 heteroatoms. The molecule has 3 heterocycles. The van der Waals surface area contributed by atoms with Crippen molar-refractivity contribution in [1.82, 2.24) is 20.0 Å². The van der Waals surface area contributed by atoms with E-state index >= 15 is 0 Å². The Bertz CT molecular complexity index is 829. The number of amides is 3. The van der Waals surface area contributed by atoms with E-state index in [4.69, 9.17) is 11.6 Å². The summed E-state index contributed by atoms with van der Waals surface area (Å²) in [6.45, 7) is 5.84. The second-order valence-corrected chi connectivity index (χ2v) is 7.97. The van der Waals surface area contributed by atoms with Crippen LogP contribution in [0.2, 0.25) is 5.02 Å². The number of likely N-dealkylation sites (N-methyl/N-ethyl adjacent to an activating group) is 1. The molecule has 0 aromatic heterocycles. The van der Waals surface area contributed by atoms with Crippen LogP contribution in [0.25, 0.3) is 0 Å². The van der Waals surface area contributed by atoms with Gasteiger partial charge in [0, 0.05) is 37.4 Å². The monoisotopic (exact) mass is 403 g/mol. The van der Waals surface area contributed by atoms with Gasteiger partial charge in [0.05, 0.1) is 0 Å². The van der Waals surface area contributed by atoms with Crippen LogP contribution in [0.3, 0.4) is 0 Å². The Morgan fingerprint density at radius 3 is 2.79 bits per heavy atom. The van der Waals surface area contributed by atoms with Crippen LogP contribution >= 0.6 is 11.6 Å². The number of halogens is 1. The lowest BCUT2D eigenvalue weighted by molar-refractivity contribution is -0.138. The fraction of sp³-hybridized carbons (Fsp3) is 0.500. The van der Waals surface area contributed by atoms with E-state index in [2.05, 4.69) is 21.2 Å². The van der Waals surface area contributed by atoms with Gasteiger partial charge in [0.2, 0.25) is 0 Å². The number of imide groups is 1. The van der Waals surface area contributed by atoms with E-state index in [1.165, 1.54) is 4.90 Å². The largest absolute Gasteiger partial charge is 0.343 e. The third kappa shape index (κ3) is 2.98. The minimum Gasteiger partial charge on any atom is -0.343 e. The molecule has 28 heavy (non-hydrogen) atoms. The number of benzene rings is 1. The van der Waals surface area contributed by atoms with E-state index in [0.29, 0.717) is 6.54 Å². The quantitative estimate of drug-likeness (QED) is 0.784. The smallest absolute Gasteiger partial charge is 0.328 e. The Morgan fingerprint density at radius 2 is 2.07 bits per heavy atom. The van der Waals surface area contributed by atoms with Gasteiger partial charge < -0.3 is 9.80 Å². The molecular weight excluding hydrogens is 378 g/mol. The topological polar surface area (TPSA) is 59.1 Å². The summed E-state index contributed by atoms with van der Waals surface area (Å²) in [4.78, 5) is 33.3. The molecule has 1 aromatic carbocycles. The van der Waals surface area contributed by atoms with E-state index in [1.807, 2.05) is 38.1 Å². The van der Waals surface area contributed by atoms with Crippen molar-refractivity contribution in [2.75, 3.05) is 31.6 Å². The summed E-state index contributed by atoms with van der Waals surface area (Å²) in [7, 11) is 1.76. The highest BCUT2D eigenvalue weighted by Gasteiger charge is 2.55. The van der Waals surface area contributed by atoms with Gasteiger partial charge in [-0.1, -0.05) is 29.8 Å². The molecule has 7 nitrogen and oxygen atoms in total. The van der Waals surface area contributed by atoms with Crippen molar-refractivity contribution >= 4 is 29.2 Å². The lowest BCUT2D eigenvalue weighted by atomic mass is 10.1. The zero-order valence-electron chi connectivity index (χ0n) is 16.4. The fourth-order valence-electron chi connectivity index (χ4n) is 4.32. The van der Waals surface area contributed by atoms with Crippen LogP contribution in [0.1, 0.15) is 18.9 Å². The van der Waals surface area contributed by atoms with Gasteiger partial charge >= 0.3 is 6.03 Å². The summed E-state index contributed by atoms with van der Waals surface area (Å²) < 4.78 is 0. The Hall–Kier alpha value is -2.09. The van der Waals surface area contributed by atoms with Crippen LogP contribution in [0.4, 0.5) is 10.5 Å². The van der Waals surface area contributed by atoms with Gasteiger partial charge in [-0.15, -0.1) is 0 Å². The van der Waals surface area contributed by atoms with Crippen LogP contribution in [-0.2, 0) is 4.79 Å². The number of hydrogen-bond acceptors (Lipinski definition) is 5. The average Bonchev–Trinajstić information content (AvgIpc) is 3.08. The van der Waals surface area contributed by atoms with E-state index < -0.39 is 0 Å². The Balaban J connectivity index is 1.65. The fourth-order valence-corrected chi connectivity index (χ4v) is 4.50. The predicted molar refractivity (Wildman–Crippen MR) is 109 cm³/mol. The number of allylic oxidation sites excluding steroid dienone is 1. The van der Waals surface area contributed by atoms with Gasteiger partial charge in [-0.05, 0) is 38.0 Å². The second-order valence-electron chi connectivity index (χ2n) is 7.56. The molecule has 3 unspecified atom stereocenters. The minimum atomic E-state index is -0.387. The molecule has 150 valence electrons. The molecule has 1 aromatic rings. The van der Waals surface area contributed by atoms with E-state index in [9.17, 15) is 9.59 Å². The third-order valence-corrected chi connectivity index (χ3v) is 6.29. The number of nitrogens with one attached hydrogen (secondary N) is 1. The normalized spacial score (nSPS) is 28.3. The standard InChI is InChI=1S/C20H26ClN5O2/c1-4-5-9-26-18(27)16-17(23(3)20(26)28)22-19-24(10-6-11-25(16)19)14-8-7-13(2)15(21)12-14/h4-5,7-8,12,16-17,19,22H,6,9-11H2,1-3H3/b5-4+.